The largest absolute Gasteiger partial charge is 0.496 e. The number of nitrogens with zero attached hydrogens (tertiary/aromatic N) is 3. The number of nitrogens with one attached hydrogen (secondary N) is 2. The molecule has 0 spiro atoms. The molecule has 2 N–H and O–H groups in total. The van der Waals surface area contributed by atoms with Crippen molar-refractivity contribution in [3.8, 4) is 5.75 Å². The number of hydrogen-bond donors (Lipinski definition) is 2. The molecule has 0 bridgehead atoms. The van der Waals surface area contributed by atoms with Crippen LogP contribution in [0.15, 0.2) is 52.1 Å². The quantitative estimate of drug-likeness (QED) is 0.453. The van der Waals surface area contributed by atoms with Gasteiger partial charge >= 0.3 is 5.76 Å². The Morgan fingerprint density at radius 2 is 1.84 bits per heavy atom. The first-order valence-corrected chi connectivity index (χ1v) is 9.85. The predicted molar refractivity (Wildman–Crippen MR) is 120 cm³/mol. The van der Waals surface area contributed by atoms with Crippen LogP contribution in [0.1, 0.15) is 43.9 Å². The molecule has 0 aliphatic heterocycles. The molecule has 4 aromatic rings. The summed E-state index contributed by atoms with van der Waals surface area (Å²) < 4.78 is 12.7. The zero-order valence-corrected chi connectivity index (χ0v) is 17.8. The summed E-state index contributed by atoms with van der Waals surface area (Å²) in [5, 5.41) is 17.0. The van der Waals surface area contributed by atoms with E-state index in [4.69, 9.17) is 20.0 Å². The van der Waals surface area contributed by atoms with Crippen molar-refractivity contribution in [2.45, 2.75) is 32.7 Å². The normalized spacial score (nSPS) is 13.3. The van der Waals surface area contributed by atoms with E-state index in [0.717, 1.165) is 5.56 Å². The van der Waals surface area contributed by atoms with E-state index in [1.54, 1.807) is 37.9 Å². The van der Waals surface area contributed by atoms with Crippen LogP contribution in [-0.4, -0.2) is 33.1 Å². The van der Waals surface area contributed by atoms with Crippen LogP contribution in [0.25, 0.3) is 22.0 Å². The highest BCUT2D eigenvalue weighted by molar-refractivity contribution is 6.10. The third-order valence-corrected chi connectivity index (χ3v) is 5.55. The van der Waals surface area contributed by atoms with Gasteiger partial charge < -0.3 is 20.0 Å². The van der Waals surface area contributed by atoms with E-state index in [-0.39, 0.29) is 6.04 Å². The van der Waals surface area contributed by atoms with Crippen LogP contribution in [-0.2, 0) is 0 Å². The Kier molecular flexibility index (Phi) is 5.14. The lowest BCUT2D eigenvalue weighted by atomic mass is 9.89. The van der Waals surface area contributed by atoms with Crippen LogP contribution in [0, 0.1) is 10.8 Å². The summed E-state index contributed by atoms with van der Waals surface area (Å²) in [6.07, 6.45) is 4.91. The zero-order valence-electron chi connectivity index (χ0n) is 17.8. The van der Waals surface area contributed by atoms with Gasteiger partial charge in [-0.1, -0.05) is 0 Å². The number of rotatable bonds is 6. The number of fused-ring (bicyclic) bond motifs is 3. The van der Waals surface area contributed by atoms with Crippen LogP contribution in [0.3, 0.4) is 0 Å². The molecule has 0 fully saturated rings. The lowest BCUT2D eigenvalue weighted by molar-refractivity contribution is 0.411. The Balaban J connectivity index is 2.03. The third-order valence-electron chi connectivity index (χ3n) is 5.55. The van der Waals surface area contributed by atoms with Gasteiger partial charge in [-0.2, -0.15) is 0 Å². The number of hydrogen-bond acceptors (Lipinski definition) is 7. The van der Waals surface area contributed by atoms with Gasteiger partial charge in [-0.05, 0) is 50.6 Å². The van der Waals surface area contributed by atoms with Crippen molar-refractivity contribution in [3.05, 3.63) is 64.5 Å². The molecule has 8 heteroatoms. The van der Waals surface area contributed by atoms with E-state index in [1.165, 1.54) is 6.20 Å². The number of oxazole rings is 1. The van der Waals surface area contributed by atoms with Crippen LogP contribution in [0.5, 0.6) is 5.75 Å². The first kappa shape index (κ1) is 20.5. The topological polar surface area (TPSA) is 118 Å². The van der Waals surface area contributed by atoms with Crippen LogP contribution >= 0.6 is 0 Å². The lowest BCUT2D eigenvalue weighted by Crippen LogP contribution is -2.19. The molecule has 3 heterocycles. The molecule has 158 valence electrons. The van der Waals surface area contributed by atoms with Crippen molar-refractivity contribution in [2.24, 2.45) is 0 Å². The summed E-state index contributed by atoms with van der Waals surface area (Å²) in [5.41, 5.74) is 3.95. The second kappa shape index (κ2) is 7.79. The van der Waals surface area contributed by atoms with Gasteiger partial charge in [0.15, 0.2) is 5.58 Å². The average molecular weight is 417 g/mol. The third kappa shape index (κ3) is 3.39. The highest BCUT2D eigenvalue weighted by Gasteiger charge is 2.24. The van der Waals surface area contributed by atoms with Crippen molar-refractivity contribution >= 4 is 33.4 Å². The smallest absolute Gasteiger partial charge is 0.420 e. The average Bonchev–Trinajstić information content (AvgIpc) is 3.09. The number of pyridine rings is 2. The highest BCUT2D eigenvalue weighted by Crippen LogP contribution is 2.36. The minimum absolute atomic E-state index is 0.284. The molecule has 0 saturated carbocycles. The van der Waals surface area contributed by atoms with E-state index < -0.39 is 11.7 Å². The Morgan fingerprint density at radius 1 is 1.16 bits per heavy atom. The van der Waals surface area contributed by atoms with Gasteiger partial charge in [0.25, 0.3) is 0 Å². The molecule has 0 amide bonds. The fourth-order valence-corrected chi connectivity index (χ4v) is 4.10. The van der Waals surface area contributed by atoms with Crippen molar-refractivity contribution in [2.75, 3.05) is 7.11 Å². The van der Waals surface area contributed by atoms with E-state index in [2.05, 4.69) is 9.97 Å². The number of ether oxygens (including phenoxy) is 1. The monoisotopic (exact) mass is 417 g/mol. The Labute approximate surface area is 178 Å². The van der Waals surface area contributed by atoms with Crippen LogP contribution in [0.4, 0.5) is 0 Å². The van der Waals surface area contributed by atoms with E-state index >= 15 is 0 Å². The molecule has 3 aromatic heterocycles. The van der Waals surface area contributed by atoms with Gasteiger partial charge in [0.05, 0.1) is 30.8 Å². The molecule has 1 atom stereocenters. The Morgan fingerprint density at radius 3 is 2.45 bits per heavy atom. The minimum atomic E-state index is -0.501. The molecule has 1 unspecified atom stereocenters. The Hall–Kier alpha value is -3.81. The maximum Gasteiger partial charge on any atom is 0.420 e. The van der Waals surface area contributed by atoms with Crippen LogP contribution < -0.4 is 10.5 Å². The number of benzene rings is 1. The summed E-state index contributed by atoms with van der Waals surface area (Å²) in [4.78, 5) is 21.3. The maximum atomic E-state index is 12.8. The summed E-state index contributed by atoms with van der Waals surface area (Å²) in [6, 6.07) is 7.08. The summed E-state index contributed by atoms with van der Waals surface area (Å²) >= 11 is 0. The number of aromatic nitrogens is 3. The second-order valence-corrected chi connectivity index (χ2v) is 7.58. The maximum absolute atomic E-state index is 12.8. The summed E-state index contributed by atoms with van der Waals surface area (Å²) in [7, 11) is 1.55. The molecule has 0 aliphatic carbocycles. The standard InChI is InChI=1S/C23H23N5O3/c1-12(24)21(13(2)25)17-9-18-16(10-19(17)30-4)22-20(11-27-18)31-23(29)28(22)14(3)15-5-7-26-8-6-15/h5-11,14,21,24-25H,1-4H3. The fourth-order valence-electron chi connectivity index (χ4n) is 4.10. The van der Waals surface area contributed by atoms with Gasteiger partial charge in [0.1, 0.15) is 11.3 Å². The van der Waals surface area contributed by atoms with Crippen LogP contribution in [0.2, 0.25) is 0 Å². The van der Waals surface area contributed by atoms with Gasteiger partial charge in [0, 0.05) is 34.8 Å². The molecule has 4 rings (SSSR count). The van der Waals surface area contributed by atoms with Crippen molar-refractivity contribution in [1.82, 2.24) is 14.5 Å². The highest BCUT2D eigenvalue weighted by atomic mass is 16.5. The molecular weight excluding hydrogens is 394 g/mol. The van der Waals surface area contributed by atoms with Gasteiger partial charge in [-0.25, -0.2) is 4.79 Å². The predicted octanol–water partition coefficient (Wildman–Crippen LogP) is 4.32. The SMILES string of the molecule is COc1cc2c(cc1C(C(C)=N)C(C)=N)ncc1oc(=O)n(C(C)c3ccncc3)c12. The first-order valence-electron chi connectivity index (χ1n) is 9.85. The van der Waals surface area contributed by atoms with Gasteiger partial charge in [-0.3, -0.25) is 14.5 Å². The molecule has 0 radical (unpaired) electrons. The molecular formula is C23H23N5O3. The van der Waals surface area contributed by atoms with E-state index in [0.29, 0.717) is 44.7 Å². The van der Waals surface area contributed by atoms with Crippen molar-refractivity contribution in [1.29, 1.82) is 10.8 Å². The molecule has 0 saturated heterocycles. The van der Waals surface area contributed by atoms with Gasteiger partial charge in [-0.15, -0.1) is 0 Å². The van der Waals surface area contributed by atoms with Crippen molar-refractivity contribution in [3.63, 3.8) is 0 Å². The summed E-state index contributed by atoms with van der Waals surface area (Å²) in [5.74, 6) is -0.443. The molecule has 31 heavy (non-hydrogen) atoms. The fraction of sp³-hybridized carbons (Fsp3) is 0.261. The second-order valence-electron chi connectivity index (χ2n) is 7.58. The van der Waals surface area contributed by atoms with Crippen molar-refractivity contribution < 1.29 is 9.15 Å². The zero-order chi connectivity index (χ0) is 22.3. The minimum Gasteiger partial charge on any atom is -0.496 e. The molecule has 8 nitrogen and oxygen atoms in total. The van der Waals surface area contributed by atoms with Gasteiger partial charge in [0.2, 0.25) is 0 Å². The number of methoxy groups -OCH3 is 1. The molecule has 0 aliphatic rings. The van der Waals surface area contributed by atoms with E-state index in [1.807, 2.05) is 31.2 Å². The lowest BCUT2D eigenvalue weighted by Gasteiger charge is -2.19. The summed E-state index contributed by atoms with van der Waals surface area (Å²) in [6.45, 7) is 5.27. The first-order chi connectivity index (χ1) is 14.8. The van der Waals surface area contributed by atoms with E-state index in [9.17, 15) is 4.79 Å². The molecule has 1 aromatic carbocycles. The Bertz CT molecular complexity index is 1360.